The summed E-state index contributed by atoms with van der Waals surface area (Å²) >= 11 is 0. The van der Waals surface area contributed by atoms with E-state index in [0.29, 0.717) is 5.88 Å². The monoisotopic (exact) mass is 491 g/mol. The standard InChI is InChI=1S/C33H38BNO2/c1-30(2)10-12-32(5,6)21-17-26-23(15-19(21)30)34-24-16-20-22(33(7,8)13-11-31(20,3)4)18-27(24)37-29-28(34)25(36-26)9-14-35-29/h9,14-18H,10-13H2,1-8H3. The van der Waals surface area contributed by atoms with Crippen LogP contribution in [0.5, 0.6) is 23.1 Å². The number of rotatable bonds is 0. The number of nitrogens with zero attached hydrogens (tertiary/aromatic N) is 1. The van der Waals surface area contributed by atoms with E-state index in [2.05, 4.69) is 79.7 Å². The lowest BCUT2D eigenvalue weighted by molar-refractivity contribution is 0.330. The van der Waals surface area contributed by atoms with Crippen LogP contribution in [0, 0.1) is 0 Å². The first kappa shape index (κ1) is 23.4. The van der Waals surface area contributed by atoms with Gasteiger partial charge in [0.25, 0.3) is 6.71 Å². The maximum atomic E-state index is 6.63. The summed E-state index contributed by atoms with van der Waals surface area (Å²) in [6.07, 6.45) is 6.57. The lowest BCUT2D eigenvalue weighted by Crippen LogP contribution is -2.58. The summed E-state index contributed by atoms with van der Waals surface area (Å²) in [5, 5.41) is 0. The molecule has 0 spiro atoms. The summed E-state index contributed by atoms with van der Waals surface area (Å²) in [5.41, 5.74) is 9.89. The third kappa shape index (κ3) is 3.17. The number of ether oxygens (including phenoxy) is 2. The van der Waals surface area contributed by atoms with Gasteiger partial charge in [0.1, 0.15) is 17.2 Å². The molecule has 0 bridgehead atoms. The van der Waals surface area contributed by atoms with Crippen LogP contribution in [0.15, 0.2) is 36.5 Å². The van der Waals surface area contributed by atoms with Crippen molar-refractivity contribution in [3.8, 4) is 23.1 Å². The molecule has 3 heterocycles. The molecule has 4 heteroatoms. The summed E-state index contributed by atoms with van der Waals surface area (Å²) < 4.78 is 13.2. The van der Waals surface area contributed by atoms with Crippen molar-refractivity contribution in [3.05, 3.63) is 58.8 Å². The maximum Gasteiger partial charge on any atom is 0.262 e. The predicted molar refractivity (Wildman–Crippen MR) is 152 cm³/mol. The van der Waals surface area contributed by atoms with Crippen molar-refractivity contribution in [2.75, 3.05) is 0 Å². The Balaban J connectivity index is 1.52. The van der Waals surface area contributed by atoms with Crippen molar-refractivity contribution >= 4 is 23.1 Å². The highest BCUT2D eigenvalue weighted by molar-refractivity contribution is 6.98. The Bertz CT molecular complexity index is 1390. The van der Waals surface area contributed by atoms with E-state index < -0.39 is 0 Å². The third-order valence-electron chi connectivity index (χ3n) is 10.2. The number of hydrogen-bond donors (Lipinski definition) is 0. The van der Waals surface area contributed by atoms with Crippen molar-refractivity contribution in [1.29, 1.82) is 0 Å². The molecular weight excluding hydrogens is 453 g/mol. The largest absolute Gasteiger partial charge is 0.458 e. The molecule has 2 aromatic carbocycles. The fourth-order valence-electron chi connectivity index (χ4n) is 7.42. The second-order valence-corrected chi connectivity index (χ2v) is 14.6. The van der Waals surface area contributed by atoms with Gasteiger partial charge in [-0.3, -0.25) is 0 Å². The molecule has 0 amide bonds. The first-order chi connectivity index (χ1) is 17.3. The van der Waals surface area contributed by atoms with Gasteiger partial charge in [-0.05, 0) is 98.7 Å². The predicted octanol–water partition coefficient (Wildman–Crippen LogP) is 6.51. The normalized spacial score (nSPS) is 22.3. The Morgan fingerprint density at radius 1 is 0.595 bits per heavy atom. The number of fused-ring (bicyclic) bond motifs is 6. The average Bonchev–Trinajstić information content (AvgIpc) is 2.83. The Labute approximate surface area is 222 Å². The molecule has 0 radical (unpaired) electrons. The van der Waals surface area contributed by atoms with E-state index in [4.69, 9.17) is 14.5 Å². The number of pyridine rings is 1. The zero-order valence-corrected chi connectivity index (χ0v) is 23.6. The first-order valence-corrected chi connectivity index (χ1v) is 14.0. The van der Waals surface area contributed by atoms with Gasteiger partial charge in [0.15, 0.2) is 0 Å². The van der Waals surface area contributed by atoms with Crippen LogP contribution < -0.4 is 25.9 Å². The quantitative estimate of drug-likeness (QED) is 0.232. The molecule has 7 rings (SSSR count). The minimum Gasteiger partial charge on any atom is -0.458 e. The topological polar surface area (TPSA) is 31.4 Å². The van der Waals surface area contributed by atoms with Gasteiger partial charge in [0.2, 0.25) is 5.88 Å². The summed E-state index contributed by atoms with van der Waals surface area (Å²) in [6.45, 7) is 19.2. The molecule has 0 saturated heterocycles. The molecule has 3 aromatic rings. The van der Waals surface area contributed by atoms with E-state index in [9.17, 15) is 0 Å². The van der Waals surface area contributed by atoms with Crippen LogP contribution in [0.2, 0.25) is 0 Å². The summed E-state index contributed by atoms with van der Waals surface area (Å²) in [5.74, 6) is 3.50. The maximum absolute atomic E-state index is 6.63. The zero-order chi connectivity index (χ0) is 26.1. The van der Waals surface area contributed by atoms with Crippen molar-refractivity contribution in [2.24, 2.45) is 0 Å². The van der Waals surface area contributed by atoms with Crippen LogP contribution in [0.4, 0.5) is 0 Å². The van der Waals surface area contributed by atoms with Crippen molar-refractivity contribution in [3.63, 3.8) is 0 Å². The van der Waals surface area contributed by atoms with Gasteiger partial charge in [-0.1, -0.05) is 67.5 Å². The van der Waals surface area contributed by atoms with Crippen LogP contribution in [0.25, 0.3) is 0 Å². The first-order valence-electron chi connectivity index (χ1n) is 14.0. The minimum absolute atomic E-state index is 0.0588. The number of aromatic nitrogens is 1. The molecule has 190 valence electrons. The van der Waals surface area contributed by atoms with Gasteiger partial charge in [0.05, 0.1) is 0 Å². The van der Waals surface area contributed by atoms with Crippen LogP contribution in [-0.4, -0.2) is 11.7 Å². The van der Waals surface area contributed by atoms with Crippen LogP contribution in [-0.2, 0) is 21.7 Å². The van der Waals surface area contributed by atoms with Crippen LogP contribution in [0.3, 0.4) is 0 Å². The zero-order valence-electron chi connectivity index (χ0n) is 23.6. The van der Waals surface area contributed by atoms with Crippen molar-refractivity contribution in [1.82, 2.24) is 4.98 Å². The van der Waals surface area contributed by atoms with E-state index in [1.807, 2.05) is 12.3 Å². The molecule has 37 heavy (non-hydrogen) atoms. The van der Waals surface area contributed by atoms with E-state index in [0.717, 1.165) is 22.7 Å². The molecule has 0 unspecified atom stereocenters. The molecule has 2 aliphatic heterocycles. The highest BCUT2D eigenvalue weighted by atomic mass is 16.5. The Morgan fingerprint density at radius 2 is 1.03 bits per heavy atom. The fraction of sp³-hybridized carbons (Fsp3) is 0.485. The second kappa shape index (κ2) is 7.01. The van der Waals surface area contributed by atoms with Gasteiger partial charge in [0, 0.05) is 11.7 Å². The average molecular weight is 491 g/mol. The highest BCUT2D eigenvalue weighted by Crippen LogP contribution is 2.49. The Kier molecular flexibility index (Phi) is 4.43. The number of benzene rings is 2. The van der Waals surface area contributed by atoms with Crippen molar-refractivity contribution in [2.45, 2.75) is 103 Å². The van der Waals surface area contributed by atoms with Gasteiger partial charge >= 0.3 is 0 Å². The summed E-state index contributed by atoms with van der Waals surface area (Å²) in [6, 6.07) is 11.6. The molecule has 4 aliphatic rings. The molecule has 0 atom stereocenters. The molecule has 3 nitrogen and oxygen atoms in total. The SMILES string of the molecule is CC1(C)CCC(C)(C)c2cc3c(cc21)Oc1ccnc2c1B3c1cc3c(cc1O2)C(C)(C)CCC3(C)C. The summed E-state index contributed by atoms with van der Waals surface area (Å²) in [4.78, 5) is 4.70. The van der Waals surface area contributed by atoms with Gasteiger partial charge in [-0.2, -0.15) is 0 Å². The second-order valence-electron chi connectivity index (χ2n) is 14.6. The molecule has 0 fully saturated rings. The van der Waals surface area contributed by atoms with E-state index in [1.54, 1.807) is 0 Å². The van der Waals surface area contributed by atoms with Gasteiger partial charge < -0.3 is 9.47 Å². The Morgan fingerprint density at radius 3 is 1.51 bits per heavy atom. The molecule has 0 saturated carbocycles. The smallest absolute Gasteiger partial charge is 0.262 e. The molecule has 0 N–H and O–H groups in total. The highest BCUT2D eigenvalue weighted by Gasteiger charge is 2.46. The minimum atomic E-state index is 0.0588. The third-order valence-corrected chi connectivity index (χ3v) is 10.2. The summed E-state index contributed by atoms with van der Waals surface area (Å²) in [7, 11) is 0. The lowest BCUT2D eigenvalue weighted by Gasteiger charge is -2.44. The van der Waals surface area contributed by atoms with Crippen LogP contribution >= 0.6 is 0 Å². The van der Waals surface area contributed by atoms with Gasteiger partial charge in [-0.15, -0.1) is 0 Å². The van der Waals surface area contributed by atoms with Crippen LogP contribution in [0.1, 0.15) is 103 Å². The molecule has 1 aromatic heterocycles. The number of hydrogen-bond acceptors (Lipinski definition) is 3. The van der Waals surface area contributed by atoms with E-state index in [-0.39, 0.29) is 28.4 Å². The van der Waals surface area contributed by atoms with Crippen molar-refractivity contribution < 1.29 is 9.47 Å². The lowest BCUT2D eigenvalue weighted by atomic mass is 9.34. The molecular formula is C33H38BNO2. The molecule has 2 aliphatic carbocycles. The fourth-order valence-corrected chi connectivity index (χ4v) is 7.42. The van der Waals surface area contributed by atoms with E-state index in [1.165, 1.54) is 58.9 Å². The van der Waals surface area contributed by atoms with Gasteiger partial charge in [-0.25, -0.2) is 4.98 Å². The van der Waals surface area contributed by atoms with E-state index >= 15 is 0 Å². The Hall–Kier alpha value is -2.75.